The van der Waals surface area contributed by atoms with Crippen LogP contribution in [0.25, 0.3) is 0 Å². The zero-order valence-electron chi connectivity index (χ0n) is 13.1. The van der Waals surface area contributed by atoms with Gasteiger partial charge in [0.15, 0.2) is 6.61 Å². The van der Waals surface area contributed by atoms with Gasteiger partial charge in [-0.3, -0.25) is 4.79 Å². The van der Waals surface area contributed by atoms with Crippen LogP contribution in [0.1, 0.15) is 17.3 Å². The van der Waals surface area contributed by atoms with Gasteiger partial charge >= 0.3 is 5.97 Å². The summed E-state index contributed by atoms with van der Waals surface area (Å²) in [5.41, 5.74) is 0.652. The van der Waals surface area contributed by atoms with Gasteiger partial charge in [0.25, 0.3) is 5.91 Å². The van der Waals surface area contributed by atoms with Gasteiger partial charge in [-0.15, -0.1) is 0 Å². The number of anilines is 1. The first kappa shape index (κ1) is 19.4. The van der Waals surface area contributed by atoms with E-state index in [1.807, 2.05) is 0 Å². The number of amides is 1. The minimum absolute atomic E-state index is 0.212. The molecule has 1 N–H and O–H groups in total. The molecule has 132 valence electrons. The summed E-state index contributed by atoms with van der Waals surface area (Å²) in [6, 6.07) is 9.14. The fourth-order valence-corrected chi connectivity index (χ4v) is 2.57. The molecule has 0 fully saturated rings. The predicted octanol–water partition coefficient (Wildman–Crippen LogP) is 4.84. The lowest BCUT2D eigenvalue weighted by Gasteiger charge is -2.11. The Hall–Kier alpha value is -1.95. The van der Waals surface area contributed by atoms with Crippen LogP contribution in [0.4, 0.5) is 5.69 Å². The van der Waals surface area contributed by atoms with Crippen molar-refractivity contribution < 1.29 is 19.1 Å². The SMILES string of the molecule is CCOC(=O)c1ccc(NC(=O)COc2ccc(Cl)cc2Cl)c(Cl)c1. The van der Waals surface area contributed by atoms with Crippen LogP contribution in [0.2, 0.25) is 15.1 Å². The Labute approximate surface area is 159 Å². The van der Waals surface area contributed by atoms with Crippen molar-refractivity contribution in [2.75, 3.05) is 18.5 Å². The highest BCUT2D eigenvalue weighted by Crippen LogP contribution is 2.28. The maximum Gasteiger partial charge on any atom is 0.338 e. The zero-order chi connectivity index (χ0) is 18.4. The highest BCUT2D eigenvalue weighted by atomic mass is 35.5. The molecule has 5 nitrogen and oxygen atoms in total. The van der Waals surface area contributed by atoms with Gasteiger partial charge in [-0.2, -0.15) is 0 Å². The molecule has 0 saturated carbocycles. The Morgan fingerprint density at radius 1 is 1.04 bits per heavy atom. The second-order valence-electron chi connectivity index (χ2n) is 4.83. The standard InChI is InChI=1S/C17H14Cl3NO4/c1-2-24-17(23)10-3-5-14(12(19)7-10)21-16(22)9-25-15-6-4-11(18)8-13(15)20/h3-8H,2,9H2,1H3,(H,21,22). The molecule has 0 heterocycles. The summed E-state index contributed by atoms with van der Waals surface area (Å²) in [6.07, 6.45) is 0. The molecule has 2 rings (SSSR count). The molecular formula is C17H14Cl3NO4. The van der Waals surface area contributed by atoms with Crippen molar-refractivity contribution in [2.24, 2.45) is 0 Å². The normalized spacial score (nSPS) is 10.2. The van der Waals surface area contributed by atoms with E-state index in [4.69, 9.17) is 44.3 Å². The van der Waals surface area contributed by atoms with E-state index < -0.39 is 11.9 Å². The maximum absolute atomic E-state index is 12.0. The number of hydrogen-bond acceptors (Lipinski definition) is 4. The average Bonchev–Trinajstić information content (AvgIpc) is 2.56. The van der Waals surface area contributed by atoms with Crippen LogP contribution >= 0.6 is 34.8 Å². The van der Waals surface area contributed by atoms with E-state index in [1.165, 1.54) is 24.3 Å². The summed E-state index contributed by atoms with van der Waals surface area (Å²) >= 11 is 17.8. The first-order chi connectivity index (χ1) is 11.9. The molecule has 2 aromatic carbocycles. The molecule has 2 aromatic rings. The zero-order valence-corrected chi connectivity index (χ0v) is 15.4. The topological polar surface area (TPSA) is 64.6 Å². The van der Waals surface area contributed by atoms with Gasteiger partial charge in [-0.25, -0.2) is 4.79 Å². The molecule has 0 aromatic heterocycles. The number of hydrogen-bond donors (Lipinski definition) is 1. The number of nitrogens with one attached hydrogen (secondary N) is 1. The first-order valence-electron chi connectivity index (χ1n) is 7.25. The summed E-state index contributed by atoms with van der Waals surface area (Å²) in [6.45, 7) is 1.71. The lowest BCUT2D eigenvalue weighted by atomic mass is 10.2. The van der Waals surface area contributed by atoms with Gasteiger partial charge in [0.05, 0.1) is 27.9 Å². The fraction of sp³-hybridized carbons (Fsp3) is 0.176. The number of halogens is 3. The number of carbonyl (C=O) groups is 2. The Morgan fingerprint density at radius 3 is 2.44 bits per heavy atom. The van der Waals surface area contributed by atoms with Crippen molar-refractivity contribution in [3.05, 3.63) is 57.0 Å². The lowest BCUT2D eigenvalue weighted by Crippen LogP contribution is -2.20. The van der Waals surface area contributed by atoms with E-state index in [1.54, 1.807) is 19.1 Å². The number of rotatable bonds is 6. The van der Waals surface area contributed by atoms with Gasteiger partial charge in [0.1, 0.15) is 5.75 Å². The van der Waals surface area contributed by atoms with Crippen LogP contribution < -0.4 is 10.1 Å². The quantitative estimate of drug-likeness (QED) is 0.702. The van der Waals surface area contributed by atoms with E-state index in [2.05, 4.69) is 5.32 Å². The second kappa shape index (κ2) is 8.94. The fourth-order valence-electron chi connectivity index (χ4n) is 1.88. The van der Waals surface area contributed by atoms with E-state index in [0.717, 1.165) is 0 Å². The summed E-state index contributed by atoms with van der Waals surface area (Å²) in [4.78, 5) is 23.6. The van der Waals surface area contributed by atoms with Crippen LogP contribution in [0.3, 0.4) is 0 Å². The monoisotopic (exact) mass is 401 g/mol. The van der Waals surface area contributed by atoms with Crippen LogP contribution in [0.15, 0.2) is 36.4 Å². The van der Waals surface area contributed by atoms with Crippen molar-refractivity contribution in [3.8, 4) is 5.75 Å². The number of esters is 1. The van der Waals surface area contributed by atoms with Gasteiger partial charge in [-0.05, 0) is 43.3 Å². The lowest BCUT2D eigenvalue weighted by molar-refractivity contribution is -0.118. The van der Waals surface area contributed by atoms with E-state index in [0.29, 0.717) is 27.0 Å². The number of ether oxygens (including phenoxy) is 2. The highest BCUT2D eigenvalue weighted by molar-refractivity contribution is 6.35. The molecule has 0 aliphatic carbocycles. The average molecular weight is 403 g/mol. The Bertz CT molecular complexity index is 795. The van der Waals surface area contributed by atoms with Gasteiger partial charge < -0.3 is 14.8 Å². The maximum atomic E-state index is 12.0. The second-order valence-corrected chi connectivity index (χ2v) is 6.08. The Kier molecular flexibility index (Phi) is 6.93. The largest absolute Gasteiger partial charge is 0.482 e. The summed E-state index contributed by atoms with van der Waals surface area (Å²) in [7, 11) is 0. The third-order valence-corrected chi connectivity index (χ3v) is 3.85. The van der Waals surface area contributed by atoms with Crippen LogP contribution in [0, 0.1) is 0 Å². The number of benzene rings is 2. The van der Waals surface area contributed by atoms with Crippen molar-refractivity contribution in [2.45, 2.75) is 6.92 Å². The Balaban J connectivity index is 1.97. The smallest absolute Gasteiger partial charge is 0.338 e. The molecule has 0 aliphatic heterocycles. The van der Waals surface area contributed by atoms with Crippen molar-refractivity contribution in [1.29, 1.82) is 0 Å². The molecule has 0 unspecified atom stereocenters. The number of carbonyl (C=O) groups excluding carboxylic acids is 2. The van der Waals surface area contributed by atoms with Gasteiger partial charge in [-0.1, -0.05) is 34.8 Å². The minimum Gasteiger partial charge on any atom is -0.482 e. The molecule has 1 amide bonds. The molecule has 0 radical (unpaired) electrons. The molecule has 0 saturated heterocycles. The molecule has 0 atom stereocenters. The predicted molar refractivity (Wildman–Crippen MR) is 98.0 cm³/mol. The van der Waals surface area contributed by atoms with Crippen molar-refractivity contribution >= 4 is 52.4 Å². The highest BCUT2D eigenvalue weighted by Gasteiger charge is 2.12. The van der Waals surface area contributed by atoms with Gasteiger partial charge in [0.2, 0.25) is 0 Å². The molecule has 8 heteroatoms. The molecular weight excluding hydrogens is 389 g/mol. The first-order valence-corrected chi connectivity index (χ1v) is 8.38. The third kappa shape index (κ3) is 5.53. The van der Waals surface area contributed by atoms with Crippen molar-refractivity contribution in [1.82, 2.24) is 0 Å². The summed E-state index contributed by atoms with van der Waals surface area (Å²) in [5, 5.41) is 3.57. The molecule has 0 spiro atoms. The van der Waals surface area contributed by atoms with E-state index in [-0.39, 0.29) is 18.2 Å². The molecule has 25 heavy (non-hydrogen) atoms. The van der Waals surface area contributed by atoms with Crippen LogP contribution in [-0.4, -0.2) is 25.1 Å². The van der Waals surface area contributed by atoms with Crippen LogP contribution in [-0.2, 0) is 9.53 Å². The summed E-state index contributed by atoms with van der Waals surface area (Å²) < 4.78 is 10.2. The molecule has 0 bridgehead atoms. The van der Waals surface area contributed by atoms with E-state index in [9.17, 15) is 9.59 Å². The Morgan fingerprint density at radius 2 is 1.80 bits per heavy atom. The molecule has 0 aliphatic rings. The van der Waals surface area contributed by atoms with Crippen molar-refractivity contribution in [3.63, 3.8) is 0 Å². The van der Waals surface area contributed by atoms with Crippen LogP contribution in [0.5, 0.6) is 5.75 Å². The third-order valence-electron chi connectivity index (χ3n) is 3.01. The van der Waals surface area contributed by atoms with E-state index >= 15 is 0 Å². The minimum atomic E-state index is -0.483. The van der Waals surface area contributed by atoms with Gasteiger partial charge in [0, 0.05) is 5.02 Å². The summed E-state index contributed by atoms with van der Waals surface area (Å²) in [5.74, 6) is -0.579.